The Morgan fingerprint density at radius 1 is 1.26 bits per heavy atom. The van der Waals surface area contributed by atoms with Gasteiger partial charge in [0.15, 0.2) is 0 Å². The van der Waals surface area contributed by atoms with E-state index in [2.05, 4.69) is 34.3 Å². The van der Waals surface area contributed by atoms with E-state index in [1.54, 1.807) is 12.3 Å². The minimum atomic E-state index is -0.255. The molecule has 1 aromatic carbocycles. The molecule has 1 saturated carbocycles. The molecule has 0 saturated heterocycles. The molecule has 2 N–H and O–H groups in total. The predicted octanol–water partition coefficient (Wildman–Crippen LogP) is 2.91. The summed E-state index contributed by atoms with van der Waals surface area (Å²) in [6.07, 6.45) is 6.07. The number of amides is 1. The fraction of sp³-hybridized carbons (Fsp3) is 0.478. The summed E-state index contributed by atoms with van der Waals surface area (Å²) < 4.78 is 2.00. The number of hydrogen-bond acceptors (Lipinski definition) is 6. The van der Waals surface area contributed by atoms with E-state index in [1.807, 2.05) is 28.7 Å². The second kappa shape index (κ2) is 9.11. The van der Waals surface area contributed by atoms with E-state index in [0.29, 0.717) is 17.6 Å². The summed E-state index contributed by atoms with van der Waals surface area (Å²) in [6.45, 7) is 7.55. The summed E-state index contributed by atoms with van der Waals surface area (Å²) in [4.78, 5) is 21.7. The van der Waals surface area contributed by atoms with Gasteiger partial charge in [-0.15, -0.1) is 0 Å². The van der Waals surface area contributed by atoms with E-state index in [4.69, 9.17) is 0 Å². The van der Waals surface area contributed by atoms with Crippen LogP contribution < -0.4 is 5.43 Å². The highest BCUT2D eigenvalue weighted by atomic mass is 16.3. The fourth-order valence-electron chi connectivity index (χ4n) is 4.46. The van der Waals surface area contributed by atoms with Gasteiger partial charge in [-0.05, 0) is 52.5 Å². The van der Waals surface area contributed by atoms with E-state index in [0.717, 1.165) is 54.6 Å². The maximum absolute atomic E-state index is 13.3. The third-order valence-corrected chi connectivity index (χ3v) is 6.29. The van der Waals surface area contributed by atoms with Gasteiger partial charge in [0.1, 0.15) is 6.33 Å². The molecule has 8 nitrogen and oxygen atoms in total. The fourth-order valence-corrected chi connectivity index (χ4v) is 4.46. The van der Waals surface area contributed by atoms with Crippen molar-refractivity contribution in [2.45, 2.75) is 71.7 Å². The number of carbonyl (C=O) groups is 1. The third-order valence-electron chi connectivity index (χ3n) is 6.29. The Labute approximate surface area is 182 Å². The van der Waals surface area contributed by atoms with Crippen molar-refractivity contribution in [2.24, 2.45) is 0 Å². The van der Waals surface area contributed by atoms with Crippen LogP contribution in [0.2, 0.25) is 0 Å². The van der Waals surface area contributed by atoms with Crippen LogP contribution in [0.25, 0.3) is 10.9 Å². The van der Waals surface area contributed by atoms with Gasteiger partial charge in [0.2, 0.25) is 0 Å². The minimum absolute atomic E-state index is 0.153. The van der Waals surface area contributed by atoms with Crippen molar-refractivity contribution in [1.29, 1.82) is 0 Å². The summed E-state index contributed by atoms with van der Waals surface area (Å²) in [5, 5.41) is 17.5. The highest BCUT2D eigenvalue weighted by Crippen LogP contribution is 2.25. The molecular weight excluding hydrogens is 392 g/mol. The first-order valence-electron chi connectivity index (χ1n) is 10.9. The molecule has 2 aromatic heterocycles. The number of benzene rings is 1. The number of carbonyl (C=O) groups excluding carboxylic acids is 1. The molecule has 1 amide bonds. The van der Waals surface area contributed by atoms with Gasteiger partial charge in [-0.25, -0.2) is 15.0 Å². The van der Waals surface area contributed by atoms with Crippen molar-refractivity contribution in [3.05, 3.63) is 53.2 Å². The number of nitrogens with one attached hydrogen (secondary N) is 1. The Kier molecular flexibility index (Phi) is 6.29. The first-order chi connectivity index (χ1) is 15.0. The summed E-state index contributed by atoms with van der Waals surface area (Å²) in [5.41, 5.74) is 7.55. The summed E-state index contributed by atoms with van der Waals surface area (Å²) >= 11 is 0. The zero-order chi connectivity index (χ0) is 22.0. The topological polar surface area (TPSA) is 96.2 Å². The lowest BCUT2D eigenvalue weighted by molar-refractivity contribution is 0.0361. The van der Waals surface area contributed by atoms with Crippen LogP contribution in [0, 0.1) is 13.8 Å². The molecule has 0 spiro atoms. The Bertz CT molecular complexity index is 1070. The zero-order valence-electron chi connectivity index (χ0n) is 18.4. The van der Waals surface area contributed by atoms with Gasteiger partial charge in [-0.3, -0.25) is 14.9 Å². The van der Waals surface area contributed by atoms with Crippen molar-refractivity contribution in [2.75, 3.05) is 0 Å². The molecule has 0 radical (unpaired) electrons. The van der Waals surface area contributed by atoms with Crippen LogP contribution in [-0.2, 0) is 13.1 Å². The molecule has 0 atom stereocenters. The number of rotatable bonds is 6. The molecule has 2 heterocycles. The molecule has 0 aliphatic heterocycles. The van der Waals surface area contributed by atoms with Crippen molar-refractivity contribution >= 4 is 16.8 Å². The van der Waals surface area contributed by atoms with Crippen molar-refractivity contribution < 1.29 is 9.90 Å². The van der Waals surface area contributed by atoms with Gasteiger partial charge in [-0.1, -0.05) is 12.1 Å². The normalized spacial score (nSPS) is 19.1. The molecule has 164 valence electrons. The van der Waals surface area contributed by atoms with Gasteiger partial charge < -0.3 is 5.11 Å². The predicted molar refractivity (Wildman–Crippen MR) is 118 cm³/mol. The van der Waals surface area contributed by atoms with E-state index in [-0.39, 0.29) is 18.1 Å². The van der Waals surface area contributed by atoms with E-state index in [9.17, 15) is 9.90 Å². The van der Waals surface area contributed by atoms with E-state index >= 15 is 0 Å². The lowest BCUT2D eigenvalue weighted by Crippen LogP contribution is -2.49. The molecule has 31 heavy (non-hydrogen) atoms. The number of hydrazine groups is 1. The third kappa shape index (κ3) is 4.45. The van der Waals surface area contributed by atoms with E-state index < -0.39 is 0 Å². The second-order valence-corrected chi connectivity index (χ2v) is 8.26. The Hall–Kier alpha value is -2.84. The number of fused-ring (bicyclic) bond motifs is 1. The maximum atomic E-state index is 13.3. The highest BCUT2D eigenvalue weighted by Gasteiger charge is 2.28. The van der Waals surface area contributed by atoms with Crippen LogP contribution in [0.3, 0.4) is 0 Å². The van der Waals surface area contributed by atoms with Crippen LogP contribution in [0.4, 0.5) is 0 Å². The smallest absolute Gasteiger partial charge is 0.267 e. The first kappa shape index (κ1) is 21.4. The number of aliphatic hydroxyl groups excluding tert-OH is 1. The van der Waals surface area contributed by atoms with Crippen LogP contribution in [-0.4, -0.2) is 47.9 Å². The van der Waals surface area contributed by atoms with Gasteiger partial charge in [0, 0.05) is 42.0 Å². The maximum Gasteiger partial charge on any atom is 0.267 e. The lowest BCUT2D eigenvalue weighted by atomic mass is 9.92. The van der Waals surface area contributed by atoms with Crippen LogP contribution in [0.5, 0.6) is 0 Å². The number of aryl methyl sites for hydroxylation is 2. The van der Waals surface area contributed by atoms with Gasteiger partial charge in [-0.2, -0.15) is 5.10 Å². The molecule has 1 aliphatic rings. The Balaban J connectivity index is 1.63. The van der Waals surface area contributed by atoms with Gasteiger partial charge >= 0.3 is 0 Å². The minimum Gasteiger partial charge on any atom is -0.393 e. The number of nitrogens with zero attached hydrogens (tertiary/aromatic N) is 5. The highest BCUT2D eigenvalue weighted by molar-refractivity contribution is 6.05. The van der Waals surface area contributed by atoms with Crippen molar-refractivity contribution in [3.63, 3.8) is 0 Å². The average molecular weight is 423 g/mol. The summed E-state index contributed by atoms with van der Waals surface area (Å²) in [5.74, 6) is -0.186. The number of hydrogen-bond donors (Lipinski definition) is 2. The molecule has 3 aromatic rings. The van der Waals surface area contributed by atoms with Crippen LogP contribution in [0.15, 0.2) is 30.7 Å². The number of aliphatic hydroxyl groups is 1. The molecule has 1 aliphatic carbocycles. The SMILES string of the molecule is CCn1nc(C)c(CN(NC(=O)c2cccc3cncnc23)C2CCC(O)CC2)c1C. The standard InChI is InChI=1S/C23H30N6O2/c1-4-28-16(3)21(15(2)26-28)13-29(18-8-10-19(30)11-9-18)27-23(31)20-7-5-6-17-12-24-14-25-22(17)20/h5-7,12,14,18-19,30H,4,8-11,13H2,1-3H3,(H,27,31). The number of aromatic nitrogens is 4. The van der Waals surface area contributed by atoms with Gasteiger partial charge in [0.05, 0.1) is 22.9 Å². The van der Waals surface area contributed by atoms with Gasteiger partial charge in [0.25, 0.3) is 5.91 Å². The van der Waals surface area contributed by atoms with Crippen LogP contribution in [0.1, 0.15) is 59.9 Å². The molecule has 0 bridgehead atoms. The summed E-state index contributed by atoms with van der Waals surface area (Å²) in [6, 6.07) is 5.69. The summed E-state index contributed by atoms with van der Waals surface area (Å²) in [7, 11) is 0. The van der Waals surface area contributed by atoms with Crippen molar-refractivity contribution in [3.8, 4) is 0 Å². The molecule has 1 fully saturated rings. The molecule has 0 unspecified atom stereocenters. The van der Waals surface area contributed by atoms with E-state index in [1.165, 1.54) is 6.33 Å². The first-order valence-corrected chi connectivity index (χ1v) is 10.9. The van der Waals surface area contributed by atoms with Crippen LogP contribution >= 0.6 is 0 Å². The Morgan fingerprint density at radius 2 is 2.03 bits per heavy atom. The number of para-hydroxylation sites is 1. The zero-order valence-corrected chi connectivity index (χ0v) is 18.4. The Morgan fingerprint density at radius 3 is 2.74 bits per heavy atom. The molecular formula is C23H30N6O2. The average Bonchev–Trinajstić information content (AvgIpc) is 3.06. The molecule has 8 heteroatoms. The second-order valence-electron chi connectivity index (χ2n) is 8.26. The lowest BCUT2D eigenvalue weighted by Gasteiger charge is -2.36. The van der Waals surface area contributed by atoms with Crippen molar-refractivity contribution in [1.82, 2.24) is 30.2 Å². The monoisotopic (exact) mass is 422 g/mol. The quantitative estimate of drug-likeness (QED) is 0.593. The molecule has 4 rings (SSSR count). The largest absolute Gasteiger partial charge is 0.393 e.